The zero-order valence-electron chi connectivity index (χ0n) is 18.4. The zero-order chi connectivity index (χ0) is 22.9. The first-order valence-electron chi connectivity index (χ1n) is 11.1. The van der Waals surface area contributed by atoms with Crippen molar-refractivity contribution in [1.29, 1.82) is 0 Å². The first-order valence-corrected chi connectivity index (χ1v) is 11.1. The Hall–Kier alpha value is -3.71. The van der Waals surface area contributed by atoms with Gasteiger partial charge in [-0.2, -0.15) is 0 Å². The molecule has 1 aromatic heterocycles. The third-order valence-corrected chi connectivity index (χ3v) is 5.32. The summed E-state index contributed by atoms with van der Waals surface area (Å²) in [6, 6.07) is 18.7. The second-order valence-electron chi connectivity index (χ2n) is 7.74. The number of hydrogen-bond acceptors (Lipinski definition) is 5. The van der Waals surface area contributed by atoms with Crippen LogP contribution in [0.1, 0.15) is 37.5 Å². The molecule has 0 unspecified atom stereocenters. The van der Waals surface area contributed by atoms with Crippen LogP contribution in [0.25, 0.3) is 0 Å². The predicted octanol–water partition coefficient (Wildman–Crippen LogP) is 2.78. The molecule has 2 bridgehead atoms. The summed E-state index contributed by atoms with van der Waals surface area (Å²) < 4.78 is 11.5. The van der Waals surface area contributed by atoms with Crippen LogP contribution >= 0.6 is 0 Å². The lowest BCUT2D eigenvalue weighted by Crippen LogP contribution is -2.28. The van der Waals surface area contributed by atoms with Crippen LogP contribution in [0, 0.1) is 0 Å². The van der Waals surface area contributed by atoms with Gasteiger partial charge in [0.1, 0.15) is 12.4 Å². The van der Waals surface area contributed by atoms with Crippen LogP contribution in [-0.4, -0.2) is 49.7 Å². The summed E-state index contributed by atoms with van der Waals surface area (Å²) in [6.45, 7) is 2.16. The van der Waals surface area contributed by atoms with Crippen molar-refractivity contribution in [1.82, 2.24) is 15.6 Å². The molecule has 170 valence electrons. The van der Waals surface area contributed by atoms with Gasteiger partial charge < -0.3 is 20.1 Å². The Balaban J connectivity index is 1.51. The Morgan fingerprint density at radius 2 is 1.97 bits per heavy atom. The molecular weight excluding hydrogens is 418 g/mol. The number of nitrogens with zero attached hydrogens (tertiary/aromatic N) is 1. The number of fused-ring (bicyclic) bond motifs is 3. The molecule has 0 saturated carbocycles. The van der Waals surface area contributed by atoms with E-state index >= 15 is 0 Å². The number of amides is 2. The average molecular weight is 446 g/mol. The fourth-order valence-electron chi connectivity index (χ4n) is 3.65. The second-order valence-corrected chi connectivity index (χ2v) is 7.74. The highest BCUT2D eigenvalue weighted by Gasteiger charge is 2.13. The van der Waals surface area contributed by atoms with Crippen molar-refractivity contribution in [3.63, 3.8) is 0 Å². The van der Waals surface area contributed by atoms with E-state index < -0.39 is 0 Å². The number of aromatic nitrogens is 1. The summed E-state index contributed by atoms with van der Waals surface area (Å²) in [7, 11) is 0. The molecule has 0 aliphatic carbocycles. The number of benzene rings is 2. The molecule has 0 radical (unpaired) electrons. The van der Waals surface area contributed by atoms with E-state index in [1.165, 1.54) is 0 Å². The molecule has 2 N–H and O–H groups in total. The van der Waals surface area contributed by atoms with Crippen molar-refractivity contribution >= 4 is 11.8 Å². The minimum atomic E-state index is -0.149. The van der Waals surface area contributed by atoms with Crippen LogP contribution in [0.5, 0.6) is 5.75 Å². The van der Waals surface area contributed by atoms with E-state index in [2.05, 4.69) is 15.6 Å². The van der Waals surface area contributed by atoms with Crippen LogP contribution in [-0.2, 0) is 17.6 Å². The first kappa shape index (κ1) is 22.5. The Morgan fingerprint density at radius 3 is 2.85 bits per heavy atom. The number of carbonyl (C=O) groups is 2. The Kier molecular flexibility index (Phi) is 7.66. The van der Waals surface area contributed by atoms with Gasteiger partial charge in [0.2, 0.25) is 0 Å². The average Bonchev–Trinajstić information content (AvgIpc) is 2.84. The standard InChI is InChI=1S/C26H27N3O4/c30-25-20-5-3-4-19(16-20)17-22-18-21(7-8-24(22)33-15-14-32-13-12-29-25)26(31)28-11-9-23-6-1-2-10-27-23/h1-8,10,16,18H,9,11-15,17H2,(H,28,31)(H,29,30). The van der Waals surface area contributed by atoms with E-state index in [0.717, 1.165) is 16.8 Å². The SMILES string of the molecule is O=C1NCCOCCOc2ccc(C(=O)NCCc3ccccn3)cc2Cc2cccc1c2. The molecule has 3 aromatic rings. The van der Waals surface area contributed by atoms with Gasteiger partial charge in [-0.25, -0.2) is 0 Å². The molecule has 33 heavy (non-hydrogen) atoms. The molecule has 4 rings (SSSR count). The van der Waals surface area contributed by atoms with Gasteiger partial charge in [-0.3, -0.25) is 14.6 Å². The van der Waals surface area contributed by atoms with Crippen molar-refractivity contribution in [3.05, 3.63) is 94.8 Å². The summed E-state index contributed by atoms with van der Waals surface area (Å²) in [5.74, 6) is 0.426. The molecule has 1 aliphatic rings. The van der Waals surface area contributed by atoms with Gasteiger partial charge in [-0.1, -0.05) is 18.2 Å². The molecule has 7 nitrogen and oxygen atoms in total. The smallest absolute Gasteiger partial charge is 0.251 e. The monoisotopic (exact) mass is 445 g/mol. The molecule has 2 amide bonds. The van der Waals surface area contributed by atoms with Crippen molar-refractivity contribution in [3.8, 4) is 5.75 Å². The first-order chi connectivity index (χ1) is 16.2. The molecule has 7 heteroatoms. The lowest BCUT2D eigenvalue weighted by Gasteiger charge is -2.15. The highest BCUT2D eigenvalue weighted by Crippen LogP contribution is 2.24. The fraction of sp³-hybridized carbons (Fsp3) is 0.269. The van der Waals surface area contributed by atoms with Crippen molar-refractivity contribution in [2.45, 2.75) is 12.8 Å². The summed E-state index contributed by atoms with van der Waals surface area (Å²) in [6.07, 6.45) is 2.94. The van der Waals surface area contributed by atoms with Gasteiger partial charge in [0, 0.05) is 48.9 Å². The predicted molar refractivity (Wildman–Crippen MR) is 125 cm³/mol. The number of rotatable bonds is 4. The number of carbonyl (C=O) groups excluding carboxylic acids is 2. The second kappa shape index (κ2) is 11.2. The Morgan fingerprint density at radius 1 is 1.03 bits per heavy atom. The van der Waals surface area contributed by atoms with Gasteiger partial charge in [0.15, 0.2) is 0 Å². The Labute approximate surface area is 193 Å². The zero-order valence-corrected chi connectivity index (χ0v) is 18.4. The van der Waals surface area contributed by atoms with Gasteiger partial charge >= 0.3 is 0 Å². The van der Waals surface area contributed by atoms with Crippen LogP contribution < -0.4 is 15.4 Å². The number of pyridine rings is 1. The lowest BCUT2D eigenvalue weighted by molar-refractivity contribution is 0.0865. The minimum Gasteiger partial charge on any atom is -0.491 e. The quantitative estimate of drug-likeness (QED) is 0.645. The Bertz CT molecular complexity index is 1100. The van der Waals surface area contributed by atoms with E-state index in [1.807, 2.05) is 48.5 Å². The van der Waals surface area contributed by atoms with Crippen LogP contribution in [0.3, 0.4) is 0 Å². The van der Waals surface area contributed by atoms with E-state index in [0.29, 0.717) is 62.6 Å². The molecule has 0 saturated heterocycles. The normalized spacial score (nSPS) is 14.2. The van der Waals surface area contributed by atoms with Crippen molar-refractivity contribution in [2.24, 2.45) is 0 Å². The molecule has 0 fully saturated rings. The molecule has 0 atom stereocenters. The maximum Gasteiger partial charge on any atom is 0.251 e. The fourth-order valence-corrected chi connectivity index (χ4v) is 3.65. The highest BCUT2D eigenvalue weighted by atomic mass is 16.5. The third kappa shape index (κ3) is 6.40. The maximum atomic E-state index is 12.8. The summed E-state index contributed by atoms with van der Waals surface area (Å²) >= 11 is 0. The van der Waals surface area contributed by atoms with Gasteiger partial charge in [-0.15, -0.1) is 0 Å². The number of nitrogens with one attached hydrogen (secondary N) is 2. The highest BCUT2D eigenvalue weighted by molar-refractivity contribution is 5.95. The molecular formula is C26H27N3O4. The van der Waals surface area contributed by atoms with Gasteiger partial charge in [-0.05, 0) is 53.6 Å². The maximum absolute atomic E-state index is 12.8. The minimum absolute atomic E-state index is 0.130. The molecule has 0 spiro atoms. The molecule has 2 aromatic carbocycles. The van der Waals surface area contributed by atoms with Crippen LogP contribution in [0.2, 0.25) is 0 Å². The summed E-state index contributed by atoms with van der Waals surface area (Å²) in [4.78, 5) is 29.4. The van der Waals surface area contributed by atoms with Crippen LogP contribution in [0.4, 0.5) is 0 Å². The van der Waals surface area contributed by atoms with Gasteiger partial charge in [0.25, 0.3) is 11.8 Å². The molecule has 2 heterocycles. The number of hydrogen-bond donors (Lipinski definition) is 2. The topological polar surface area (TPSA) is 89.5 Å². The van der Waals surface area contributed by atoms with Crippen molar-refractivity contribution < 1.29 is 19.1 Å². The molecule has 1 aliphatic heterocycles. The largest absolute Gasteiger partial charge is 0.491 e. The third-order valence-electron chi connectivity index (χ3n) is 5.32. The van der Waals surface area contributed by atoms with Crippen molar-refractivity contribution in [2.75, 3.05) is 32.9 Å². The summed E-state index contributed by atoms with van der Waals surface area (Å²) in [5.41, 5.74) is 3.93. The van der Waals surface area contributed by atoms with E-state index in [1.54, 1.807) is 18.3 Å². The lowest BCUT2D eigenvalue weighted by atomic mass is 9.99. The number of ether oxygens (including phenoxy) is 2. The summed E-state index contributed by atoms with van der Waals surface area (Å²) in [5, 5.41) is 5.81. The van der Waals surface area contributed by atoms with Gasteiger partial charge in [0.05, 0.1) is 13.2 Å². The van der Waals surface area contributed by atoms with E-state index in [4.69, 9.17) is 9.47 Å². The van der Waals surface area contributed by atoms with E-state index in [9.17, 15) is 9.59 Å². The van der Waals surface area contributed by atoms with E-state index in [-0.39, 0.29) is 11.8 Å². The van der Waals surface area contributed by atoms with Crippen LogP contribution in [0.15, 0.2) is 66.9 Å².